The van der Waals surface area contributed by atoms with E-state index >= 15 is 0 Å². The highest BCUT2D eigenvalue weighted by Gasteiger charge is 1.90. The third kappa shape index (κ3) is 3.42. The van der Waals surface area contributed by atoms with Gasteiger partial charge in [-0.3, -0.25) is 5.43 Å². The lowest BCUT2D eigenvalue weighted by molar-refractivity contribution is 0.512. The molecule has 4 nitrogen and oxygen atoms in total. The van der Waals surface area contributed by atoms with E-state index in [4.69, 9.17) is 0 Å². The summed E-state index contributed by atoms with van der Waals surface area (Å²) in [4.78, 5) is 0. The first-order valence-electron chi connectivity index (χ1n) is 3.37. The third-order valence-corrected chi connectivity index (χ3v) is 1.24. The van der Waals surface area contributed by atoms with Gasteiger partial charge in [0.2, 0.25) is 0 Å². The largest absolute Gasteiger partial charge is 0.314 e. The lowest BCUT2D eigenvalue weighted by atomic mass is 10.6. The number of rotatable bonds is 0. The summed E-state index contributed by atoms with van der Waals surface area (Å²) in [6.07, 6.45) is 0. The van der Waals surface area contributed by atoms with Crippen LogP contribution in [0.5, 0.6) is 0 Å². The van der Waals surface area contributed by atoms with Gasteiger partial charge >= 0.3 is 0 Å². The molecule has 1 fully saturated rings. The zero-order valence-electron chi connectivity index (χ0n) is 5.54. The number of hydrogen-bond acceptors (Lipinski definition) is 4. The van der Waals surface area contributed by atoms with Gasteiger partial charge in [0, 0.05) is 26.2 Å². The fraction of sp³-hybridized carbons (Fsp3) is 1.00. The first-order chi connectivity index (χ1) is 4.50. The minimum atomic E-state index is 0.849. The molecule has 1 aliphatic rings. The Balaban J connectivity index is 2.02. The summed E-state index contributed by atoms with van der Waals surface area (Å²) >= 11 is 0. The second-order valence-electron chi connectivity index (χ2n) is 2.03. The molecule has 1 aliphatic heterocycles. The van der Waals surface area contributed by atoms with Crippen LogP contribution in [0.3, 0.4) is 0 Å². The molecule has 54 valence electrons. The van der Waals surface area contributed by atoms with Gasteiger partial charge in [-0.25, -0.2) is 5.43 Å². The predicted molar refractivity (Wildman–Crippen MR) is 36.9 cm³/mol. The van der Waals surface area contributed by atoms with Gasteiger partial charge in [-0.05, 0) is 0 Å². The van der Waals surface area contributed by atoms with Crippen molar-refractivity contribution >= 4 is 0 Å². The highest BCUT2D eigenvalue weighted by molar-refractivity contribution is 4.54. The smallest absolute Gasteiger partial charge is 0.0590 e. The predicted octanol–water partition coefficient (Wildman–Crippen LogP) is -1.77. The molecule has 0 aromatic rings. The molecular formula is C5H14N4. The normalized spacial score (nSPS) is 24.0. The first kappa shape index (κ1) is 6.95. The van der Waals surface area contributed by atoms with Crippen molar-refractivity contribution in [2.24, 2.45) is 0 Å². The minimum Gasteiger partial charge on any atom is -0.314 e. The molecule has 0 radical (unpaired) electrons. The van der Waals surface area contributed by atoms with Crippen molar-refractivity contribution in [2.45, 2.75) is 0 Å². The van der Waals surface area contributed by atoms with Crippen LogP contribution in [-0.2, 0) is 0 Å². The molecule has 9 heavy (non-hydrogen) atoms. The third-order valence-electron chi connectivity index (χ3n) is 1.24. The highest BCUT2D eigenvalue weighted by Crippen LogP contribution is 1.61. The van der Waals surface area contributed by atoms with Gasteiger partial charge in [-0.1, -0.05) is 0 Å². The second kappa shape index (κ2) is 4.69. The van der Waals surface area contributed by atoms with Gasteiger partial charge in [0.25, 0.3) is 0 Å². The molecule has 0 atom stereocenters. The molecule has 0 saturated carbocycles. The van der Waals surface area contributed by atoms with E-state index in [9.17, 15) is 0 Å². The minimum absolute atomic E-state index is 0.849. The van der Waals surface area contributed by atoms with E-state index in [-0.39, 0.29) is 0 Å². The molecule has 4 heteroatoms. The summed E-state index contributed by atoms with van der Waals surface area (Å²) < 4.78 is 0. The molecule has 0 bridgehead atoms. The fourth-order valence-corrected chi connectivity index (χ4v) is 0.754. The van der Waals surface area contributed by atoms with E-state index in [1.807, 2.05) is 0 Å². The Morgan fingerprint density at radius 3 is 2.44 bits per heavy atom. The second-order valence-corrected chi connectivity index (χ2v) is 2.03. The molecule has 0 amide bonds. The van der Waals surface area contributed by atoms with E-state index in [0.717, 1.165) is 32.8 Å². The van der Waals surface area contributed by atoms with Crippen LogP contribution in [0, 0.1) is 0 Å². The summed E-state index contributed by atoms with van der Waals surface area (Å²) in [5.41, 5.74) is 6.08. The van der Waals surface area contributed by atoms with Crippen LogP contribution < -0.4 is 21.5 Å². The monoisotopic (exact) mass is 130 g/mol. The topological polar surface area (TPSA) is 48.1 Å². The Morgan fingerprint density at radius 2 is 1.44 bits per heavy atom. The van der Waals surface area contributed by atoms with Gasteiger partial charge < -0.3 is 10.6 Å². The lowest BCUT2D eigenvalue weighted by Crippen LogP contribution is -2.39. The maximum Gasteiger partial charge on any atom is 0.0590 e. The summed E-state index contributed by atoms with van der Waals surface area (Å²) in [6, 6.07) is 0. The van der Waals surface area contributed by atoms with Crippen molar-refractivity contribution in [1.82, 2.24) is 21.5 Å². The van der Waals surface area contributed by atoms with Gasteiger partial charge in [-0.15, -0.1) is 0 Å². The van der Waals surface area contributed by atoms with Crippen LogP contribution in [0.15, 0.2) is 0 Å². The van der Waals surface area contributed by atoms with E-state index < -0.39 is 0 Å². The van der Waals surface area contributed by atoms with Gasteiger partial charge in [-0.2, -0.15) is 0 Å². The van der Waals surface area contributed by atoms with Crippen LogP contribution in [0.1, 0.15) is 0 Å². The van der Waals surface area contributed by atoms with E-state index in [1.165, 1.54) is 0 Å². The Hall–Kier alpha value is -0.160. The van der Waals surface area contributed by atoms with Crippen LogP contribution in [0.2, 0.25) is 0 Å². The summed E-state index contributed by atoms with van der Waals surface area (Å²) in [5, 5.41) is 6.45. The molecule has 4 N–H and O–H groups in total. The molecule has 0 aromatic carbocycles. The van der Waals surface area contributed by atoms with Crippen LogP contribution in [-0.4, -0.2) is 32.8 Å². The van der Waals surface area contributed by atoms with Crippen LogP contribution in [0.25, 0.3) is 0 Å². The SMILES string of the molecule is C1CNCNNCCN1. The van der Waals surface area contributed by atoms with E-state index in [0.29, 0.717) is 0 Å². The number of nitrogens with one attached hydrogen (secondary N) is 4. The average Bonchev–Trinajstić information content (AvgIpc) is 2.00. The Labute approximate surface area is 55.4 Å². The maximum absolute atomic E-state index is 3.26. The summed E-state index contributed by atoms with van der Waals surface area (Å²) in [6.45, 7) is 4.97. The molecule has 1 rings (SSSR count). The Kier molecular flexibility index (Phi) is 3.63. The maximum atomic E-state index is 3.26. The zero-order valence-corrected chi connectivity index (χ0v) is 5.54. The van der Waals surface area contributed by atoms with Crippen LogP contribution >= 0.6 is 0 Å². The van der Waals surface area contributed by atoms with Crippen molar-refractivity contribution in [3.63, 3.8) is 0 Å². The number of hydrogen-bond donors (Lipinski definition) is 4. The van der Waals surface area contributed by atoms with Crippen LogP contribution in [0.4, 0.5) is 0 Å². The number of hydrazine groups is 1. The van der Waals surface area contributed by atoms with Gasteiger partial charge in [0.05, 0.1) is 6.67 Å². The first-order valence-corrected chi connectivity index (χ1v) is 3.37. The molecule has 1 saturated heterocycles. The highest BCUT2D eigenvalue weighted by atomic mass is 15.4. The molecule has 0 aromatic heterocycles. The summed E-state index contributed by atoms with van der Waals surface area (Å²) in [5.74, 6) is 0. The van der Waals surface area contributed by atoms with Crippen molar-refractivity contribution in [3.05, 3.63) is 0 Å². The van der Waals surface area contributed by atoms with Crippen molar-refractivity contribution in [2.75, 3.05) is 32.8 Å². The molecule has 0 aliphatic carbocycles. The van der Waals surface area contributed by atoms with Crippen molar-refractivity contribution < 1.29 is 0 Å². The molecule has 0 unspecified atom stereocenters. The van der Waals surface area contributed by atoms with Crippen molar-refractivity contribution in [1.29, 1.82) is 0 Å². The molecule has 0 spiro atoms. The van der Waals surface area contributed by atoms with E-state index in [2.05, 4.69) is 21.5 Å². The van der Waals surface area contributed by atoms with Gasteiger partial charge in [0.1, 0.15) is 0 Å². The quantitative estimate of drug-likeness (QED) is 0.313. The molecule has 1 heterocycles. The standard InChI is InChI=1S/C5H14N4/c1-2-7-5-9-8-4-3-6-1/h6-9H,1-5H2. The van der Waals surface area contributed by atoms with E-state index in [1.54, 1.807) is 0 Å². The zero-order chi connectivity index (χ0) is 6.36. The molecular weight excluding hydrogens is 116 g/mol. The van der Waals surface area contributed by atoms with Gasteiger partial charge in [0.15, 0.2) is 0 Å². The fourth-order valence-electron chi connectivity index (χ4n) is 0.754. The Bertz CT molecular complexity index is 37.4. The lowest BCUT2D eigenvalue weighted by Gasteiger charge is -2.02. The average molecular weight is 130 g/mol. The summed E-state index contributed by atoms with van der Waals surface area (Å²) in [7, 11) is 0. The van der Waals surface area contributed by atoms with Crippen molar-refractivity contribution in [3.8, 4) is 0 Å². The Morgan fingerprint density at radius 1 is 0.667 bits per heavy atom.